The van der Waals surface area contributed by atoms with Gasteiger partial charge in [-0.05, 0) is 61.6 Å². The summed E-state index contributed by atoms with van der Waals surface area (Å²) in [6, 6.07) is 16.5. The minimum absolute atomic E-state index is 0.0647. The van der Waals surface area contributed by atoms with Crippen LogP contribution in [-0.2, 0) is 10.0 Å². The van der Waals surface area contributed by atoms with E-state index < -0.39 is 10.0 Å². The van der Waals surface area contributed by atoms with Gasteiger partial charge < -0.3 is 10.2 Å². The van der Waals surface area contributed by atoms with E-state index in [9.17, 15) is 13.2 Å². The average molecular weight is 400 g/mol. The Balaban J connectivity index is 1.29. The molecule has 1 saturated carbocycles. The Morgan fingerprint density at radius 1 is 1.00 bits per heavy atom. The fraction of sp³-hybridized carbons (Fsp3) is 0.381. The van der Waals surface area contributed by atoms with Crippen molar-refractivity contribution in [1.82, 2.24) is 10.0 Å². The molecule has 2 aliphatic rings. The topological polar surface area (TPSA) is 78.5 Å². The molecule has 6 nitrogen and oxygen atoms in total. The second-order valence-electron chi connectivity index (χ2n) is 7.57. The molecule has 1 aliphatic carbocycles. The van der Waals surface area contributed by atoms with E-state index in [1.807, 2.05) is 18.2 Å². The summed E-state index contributed by atoms with van der Waals surface area (Å²) in [6.07, 6.45) is 2.82. The third kappa shape index (κ3) is 4.54. The molecule has 0 aromatic heterocycles. The Labute approximate surface area is 166 Å². The van der Waals surface area contributed by atoms with E-state index in [1.165, 1.54) is 17.8 Å². The summed E-state index contributed by atoms with van der Waals surface area (Å²) >= 11 is 0. The maximum Gasteiger partial charge on any atom is 0.251 e. The van der Waals surface area contributed by atoms with E-state index in [2.05, 4.69) is 27.1 Å². The molecular weight excluding hydrogens is 374 g/mol. The molecule has 0 radical (unpaired) electrons. The van der Waals surface area contributed by atoms with E-state index in [0.29, 0.717) is 18.0 Å². The average Bonchev–Trinajstić information content (AvgIpc) is 3.39. The van der Waals surface area contributed by atoms with Crippen LogP contribution in [0.5, 0.6) is 0 Å². The van der Waals surface area contributed by atoms with Crippen LogP contribution >= 0.6 is 0 Å². The van der Waals surface area contributed by atoms with Crippen LogP contribution in [0, 0.1) is 5.92 Å². The lowest BCUT2D eigenvalue weighted by atomic mass is 10.1. The molecule has 4 rings (SSSR count). The fourth-order valence-electron chi connectivity index (χ4n) is 3.49. The molecule has 148 valence electrons. The number of para-hydroxylation sites is 1. The number of amides is 1. The van der Waals surface area contributed by atoms with Gasteiger partial charge in [0.2, 0.25) is 10.0 Å². The highest BCUT2D eigenvalue weighted by Crippen LogP contribution is 2.24. The Kier molecular flexibility index (Phi) is 5.37. The number of rotatable bonds is 7. The van der Waals surface area contributed by atoms with Gasteiger partial charge in [-0.1, -0.05) is 18.2 Å². The van der Waals surface area contributed by atoms with E-state index >= 15 is 0 Å². The summed E-state index contributed by atoms with van der Waals surface area (Å²) < 4.78 is 27.0. The summed E-state index contributed by atoms with van der Waals surface area (Å²) in [5.74, 6) is 0.240. The number of carbonyl (C=O) groups is 1. The maximum atomic E-state index is 12.4. The van der Waals surface area contributed by atoms with Crippen LogP contribution < -0.4 is 14.9 Å². The lowest BCUT2D eigenvalue weighted by Crippen LogP contribution is -2.31. The first-order valence-corrected chi connectivity index (χ1v) is 11.2. The smallest absolute Gasteiger partial charge is 0.251 e. The molecule has 7 heteroatoms. The molecule has 0 spiro atoms. The summed E-state index contributed by atoms with van der Waals surface area (Å²) in [5.41, 5.74) is 1.69. The summed E-state index contributed by atoms with van der Waals surface area (Å²) in [5, 5.41) is 2.98. The molecule has 1 heterocycles. The highest BCUT2D eigenvalue weighted by atomic mass is 32.2. The van der Waals surface area contributed by atoms with Crippen LogP contribution in [0.2, 0.25) is 0 Å². The Bertz CT molecular complexity index is 925. The van der Waals surface area contributed by atoms with Crippen LogP contribution in [0.4, 0.5) is 5.69 Å². The zero-order chi connectivity index (χ0) is 19.6. The molecule has 28 heavy (non-hydrogen) atoms. The molecule has 1 unspecified atom stereocenters. The number of nitrogens with zero attached hydrogens (tertiary/aromatic N) is 1. The first kappa shape index (κ1) is 19.0. The zero-order valence-corrected chi connectivity index (χ0v) is 16.5. The van der Waals surface area contributed by atoms with Crippen molar-refractivity contribution in [3.05, 3.63) is 60.2 Å². The number of benzene rings is 2. The minimum atomic E-state index is -3.48. The van der Waals surface area contributed by atoms with Gasteiger partial charge in [-0.15, -0.1) is 0 Å². The molecule has 2 fully saturated rings. The van der Waals surface area contributed by atoms with Crippen LogP contribution in [0.1, 0.15) is 29.6 Å². The van der Waals surface area contributed by atoms with E-state index in [4.69, 9.17) is 0 Å². The molecule has 1 amide bonds. The first-order valence-electron chi connectivity index (χ1n) is 9.72. The van der Waals surface area contributed by atoms with Crippen molar-refractivity contribution in [3.63, 3.8) is 0 Å². The van der Waals surface area contributed by atoms with Gasteiger partial charge in [0.25, 0.3) is 5.91 Å². The third-order valence-electron chi connectivity index (χ3n) is 5.28. The molecule has 2 aromatic carbocycles. The molecule has 0 bridgehead atoms. The van der Waals surface area contributed by atoms with Gasteiger partial charge in [-0.2, -0.15) is 0 Å². The Hall–Kier alpha value is -2.38. The van der Waals surface area contributed by atoms with Crippen molar-refractivity contribution in [2.45, 2.75) is 30.2 Å². The number of sulfonamides is 1. The van der Waals surface area contributed by atoms with Crippen molar-refractivity contribution in [3.8, 4) is 0 Å². The highest BCUT2D eigenvalue weighted by molar-refractivity contribution is 7.89. The maximum absolute atomic E-state index is 12.4. The van der Waals surface area contributed by atoms with Gasteiger partial charge in [-0.25, -0.2) is 13.1 Å². The first-order chi connectivity index (χ1) is 13.5. The Morgan fingerprint density at radius 3 is 2.39 bits per heavy atom. The lowest BCUT2D eigenvalue weighted by Gasteiger charge is -2.18. The van der Waals surface area contributed by atoms with Crippen molar-refractivity contribution < 1.29 is 13.2 Å². The predicted octanol–water partition coefficient (Wildman–Crippen LogP) is 2.38. The van der Waals surface area contributed by atoms with E-state index in [1.54, 1.807) is 12.1 Å². The van der Waals surface area contributed by atoms with Crippen LogP contribution in [-0.4, -0.2) is 40.0 Å². The van der Waals surface area contributed by atoms with Gasteiger partial charge in [0.1, 0.15) is 0 Å². The van der Waals surface area contributed by atoms with Crippen LogP contribution in [0.15, 0.2) is 59.5 Å². The number of carbonyl (C=O) groups excluding carboxylic acids is 1. The van der Waals surface area contributed by atoms with Crippen LogP contribution in [0.25, 0.3) is 0 Å². The van der Waals surface area contributed by atoms with Gasteiger partial charge in [0.05, 0.1) is 4.90 Å². The third-order valence-corrected chi connectivity index (χ3v) is 6.82. The van der Waals surface area contributed by atoms with Crippen molar-refractivity contribution in [2.75, 3.05) is 24.5 Å². The van der Waals surface area contributed by atoms with E-state index in [0.717, 1.165) is 32.4 Å². The largest absolute Gasteiger partial charge is 0.371 e. The summed E-state index contributed by atoms with van der Waals surface area (Å²) in [4.78, 5) is 14.9. The molecule has 1 atom stereocenters. The molecular formula is C21H25N3O3S. The molecule has 2 aromatic rings. The normalized spacial score (nSPS) is 19.6. The van der Waals surface area contributed by atoms with Crippen molar-refractivity contribution >= 4 is 21.6 Å². The predicted molar refractivity (Wildman–Crippen MR) is 109 cm³/mol. The monoisotopic (exact) mass is 399 g/mol. The lowest BCUT2D eigenvalue weighted by molar-refractivity contribution is 0.0948. The van der Waals surface area contributed by atoms with Crippen molar-refractivity contribution in [2.24, 2.45) is 5.92 Å². The fourth-order valence-corrected chi connectivity index (χ4v) is 4.79. The van der Waals surface area contributed by atoms with Gasteiger partial charge >= 0.3 is 0 Å². The molecule has 1 saturated heterocycles. The number of hydrogen-bond acceptors (Lipinski definition) is 4. The second-order valence-corrected chi connectivity index (χ2v) is 9.28. The van der Waals surface area contributed by atoms with E-state index in [-0.39, 0.29) is 16.8 Å². The summed E-state index contributed by atoms with van der Waals surface area (Å²) in [7, 11) is -3.48. The van der Waals surface area contributed by atoms with Crippen LogP contribution in [0.3, 0.4) is 0 Å². The minimum Gasteiger partial charge on any atom is -0.371 e. The summed E-state index contributed by atoms with van der Waals surface area (Å²) in [6.45, 7) is 2.53. The number of hydrogen-bond donors (Lipinski definition) is 2. The zero-order valence-electron chi connectivity index (χ0n) is 15.7. The second kappa shape index (κ2) is 7.93. The quantitative estimate of drug-likeness (QED) is 0.749. The van der Waals surface area contributed by atoms with Crippen molar-refractivity contribution in [1.29, 1.82) is 0 Å². The molecule has 2 N–H and O–H groups in total. The van der Waals surface area contributed by atoms with Gasteiger partial charge in [-0.3, -0.25) is 4.79 Å². The number of nitrogens with one attached hydrogen (secondary N) is 2. The Morgan fingerprint density at radius 2 is 1.71 bits per heavy atom. The molecule has 1 aliphatic heterocycles. The van der Waals surface area contributed by atoms with Gasteiger partial charge in [0.15, 0.2) is 0 Å². The van der Waals surface area contributed by atoms with Gasteiger partial charge in [0, 0.05) is 36.9 Å². The number of anilines is 1. The highest BCUT2D eigenvalue weighted by Gasteiger charge is 2.28. The SMILES string of the molecule is O=C(NCC1CCN(c2ccccc2)C1)c1ccc(S(=O)(=O)NC2CC2)cc1. The standard InChI is InChI=1S/C21H25N3O3S/c25-21(17-6-10-20(11-7-17)28(26,27)23-18-8-9-18)22-14-16-12-13-24(15-16)19-4-2-1-3-5-19/h1-7,10-11,16,18,23H,8-9,12-15H2,(H,22,25).